The number of piperidine rings is 1. The third-order valence-electron chi connectivity index (χ3n) is 7.63. The molecule has 2 aliphatic rings. The first-order valence-corrected chi connectivity index (χ1v) is 17.3. The maximum absolute atomic E-state index is 13.5. The van der Waals surface area contributed by atoms with E-state index in [9.17, 15) is 27.6 Å². The quantitative estimate of drug-likeness (QED) is 0.106. The lowest BCUT2D eigenvalue weighted by Crippen LogP contribution is -2.54. The average Bonchev–Trinajstić information content (AvgIpc) is 3.47. The van der Waals surface area contributed by atoms with Crippen molar-refractivity contribution in [2.75, 3.05) is 39.0 Å². The monoisotopic (exact) mass is 650 g/mol. The molecule has 0 bridgehead atoms. The van der Waals surface area contributed by atoms with Gasteiger partial charge in [0.25, 0.3) is 0 Å². The molecule has 1 aromatic rings. The summed E-state index contributed by atoms with van der Waals surface area (Å²) in [6.07, 6.45) is 3.08. The van der Waals surface area contributed by atoms with Gasteiger partial charge < -0.3 is 24.6 Å². The summed E-state index contributed by atoms with van der Waals surface area (Å²) in [6, 6.07) is 7.44. The number of carbonyl (C=O) groups excluding carboxylic acids is 4. The Morgan fingerprint density at radius 3 is 2.38 bits per heavy atom. The number of guanidine groups is 1. The molecule has 250 valence electrons. The van der Waals surface area contributed by atoms with Crippen molar-refractivity contribution in [1.82, 2.24) is 25.2 Å². The van der Waals surface area contributed by atoms with Crippen LogP contribution < -0.4 is 15.4 Å². The molecule has 1 aromatic carbocycles. The Morgan fingerprint density at radius 1 is 1.04 bits per heavy atom. The van der Waals surface area contributed by atoms with Crippen molar-refractivity contribution >= 4 is 39.9 Å². The molecule has 2 saturated heterocycles. The van der Waals surface area contributed by atoms with Crippen LogP contribution in [0.2, 0.25) is 0 Å². The molecule has 3 rings (SSSR count). The molecule has 0 radical (unpaired) electrons. The van der Waals surface area contributed by atoms with Crippen LogP contribution in [0.4, 0.5) is 4.79 Å². The Morgan fingerprint density at radius 2 is 1.73 bits per heavy atom. The number of likely N-dealkylation sites (tertiary alicyclic amines) is 2. The van der Waals surface area contributed by atoms with Gasteiger partial charge in [0.2, 0.25) is 27.7 Å². The fourth-order valence-electron chi connectivity index (χ4n) is 5.40. The smallest absolute Gasteiger partial charge is 0.434 e. The first-order valence-electron chi connectivity index (χ1n) is 15.4. The first kappa shape index (κ1) is 35.8. The van der Waals surface area contributed by atoms with Crippen LogP contribution >= 0.6 is 0 Å². The molecule has 0 saturated carbocycles. The number of carbonyl (C=O) groups is 4. The van der Waals surface area contributed by atoms with Gasteiger partial charge >= 0.3 is 6.16 Å². The lowest BCUT2D eigenvalue weighted by atomic mass is 9.96. The Bertz CT molecular complexity index is 1280. The normalized spacial score (nSPS) is 17.9. The van der Waals surface area contributed by atoms with Gasteiger partial charge in [0, 0.05) is 32.6 Å². The number of amides is 3. The largest absolute Gasteiger partial charge is 0.508 e. The van der Waals surface area contributed by atoms with Gasteiger partial charge in [-0.05, 0) is 63.9 Å². The van der Waals surface area contributed by atoms with Crippen molar-refractivity contribution in [1.29, 1.82) is 5.41 Å². The van der Waals surface area contributed by atoms with Crippen molar-refractivity contribution in [3.8, 4) is 0 Å². The number of hydrogen-bond donors (Lipinski definition) is 4. The summed E-state index contributed by atoms with van der Waals surface area (Å²) in [5.74, 6) is -0.849. The van der Waals surface area contributed by atoms with Crippen molar-refractivity contribution in [2.24, 2.45) is 5.92 Å². The third kappa shape index (κ3) is 12.3. The lowest BCUT2D eigenvalue weighted by molar-refractivity contribution is -0.139. The summed E-state index contributed by atoms with van der Waals surface area (Å²) < 4.78 is 36.3. The predicted octanol–water partition coefficient (Wildman–Crippen LogP) is 1.36. The van der Waals surface area contributed by atoms with E-state index in [1.807, 2.05) is 30.3 Å². The van der Waals surface area contributed by atoms with Gasteiger partial charge in [0.15, 0.2) is 5.96 Å². The minimum Gasteiger partial charge on any atom is -0.434 e. The van der Waals surface area contributed by atoms with Crippen LogP contribution in [0.25, 0.3) is 0 Å². The summed E-state index contributed by atoms with van der Waals surface area (Å²) in [7, 11) is -3.67. The van der Waals surface area contributed by atoms with E-state index in [1.54, 1.807) is 18.7 Å². The van der Waals surface area contributed by atoms with E-state index in [0.717, 1.165) is 11.8 Å². The van der Waals surface area contributed by atoms with Crippen LogP contribution in [0.3, 0.4) is 0 Å². The van der Waals surface area contributed by atoms with E-state index in [4.69, 9.17) is 14.9 Å². The van der Waals surface area contributed by atoms with Gasteiger partial charge in [0.1, 0.15) is 12.1 Å². The highest BCUT2D eigenvalue weighted by molar-refractivity contribution is 7.88. The van der Waals surface area contributed by atoms with E-state index >= 15 is 0 Å². The molecule has 14 nitrogen and oxygen atoms in total. The Kier molecular flexibility index (Phi) is 13.6. The summed E-state index contributed by atoms with van der Waals surface area (Å²) in [4.78, 5) is 53.5. The highest BCUT2D eigenvalue weighted by Gasteiger charge is 2.38. The SMILES string of the molecule is CC(C)OC(=O)OCCCC(=O)NC(=N)N1CCC(CNC(=O)[C@@H]2CCCN2C(=O)[C@@H](Cc2ccccc2)NS(C)(=O)=O)CC1. The van der Waals surface area contributed by atoms with Crippen LogP contribution in [0.15, 0.2) is 30.3 Å². The molecule has 15 heteroatoms. The standard InChI is InChI=1S/C30H46N6O8S/c1-21(2)44-30(40)43-18-8-12-26(37)33-29(31)35-16-13-23(14-17-35)20-32-27(38)25-11-7-15-36(25)28(39)24(34-45(3,41)42)19-22-9-5-4-6-10-22/h4-6,9-10,21,23-25,34H,7-8,11-20H2,1-3H3,(H,32,38)(H2,31,33,37)/t24-,25+/m1/s1. The number of hydrogen-bond acceptors (Lipinski definition) is 9. The topological polar surface area (TPSA) is 187 Å². The van der Waals surface area contributed by atoms with Crippen LogP contribution in [0.5, 0.6) is 0 Å². The Hall–Kier alpha value is -3.72. The van der Waals surface area contributed by atoms with Gasteiger partial charge in [-0.15, -0.1) is 0 Å². The molecule has 0 unspecified atom stereocenters. The molecule has 2 fully saturated rings. The third-order valence-corrected chi connectivity index (χ3v) is 8.34. The number of benzene rings is 1. The van der Waals surface area contributed by atoms with E-state index in [0.29, 0.717) is 58.3 Å². The minimum absolute atomic E-state index is 0.00971. The van der Waals surface area contributed by atoms with Crippen molar-refractivity contribution < 1.29 is 37.1 Å². The van der Waals surface area contributed by atoms with E-state index in [-0.39, 0.29) is 49.2 Å². The maximum atomic E-state index is 13.5. The van der Waals surface area contributed by atoms with Crippen molar-refractivity contribution in [3.05, 3.63) is 35.9 Å². The van der Waals surface area contributed by atoms with E-state index in [1.165, 1.54) is 4.90 Å². The molecule has 3 amide bonds. The van der Waals surface area contributed by atoms with Crippen molar-refractivity contribution in [3.63, 3.8) is 0 Å². The van der Waals surface area contributed by atoms with Crippen LogP contribution in [0, 0.1) is 11.3 Å². The number of nitrogens with one attached hydrogen (secondary N) is 4. The number of rotatable bonds is 13. The molecule has 0 aromatic heterocycles. The highest BCUT2D eigenvalue weighted by Crippen LogP contribution is 2.21. The summed E-state index contributed by atoms with van der Waals surface area (Å²) in [5.41, 5.74) is 0.807. The summed E-state index contributed by atoms with van der Waals surface area (Å²) in [5, 5.41) is 13.8. The zero-order valence-corrected chi connectivity index (χ0v) is 27.1. The minimum atomic E-state index is -3.67. The number of ether oxygens (including phenoxy) is 2. The fraction of sp³-hybridized carbons (Fsp3) is 0.633. The molecular formula is C30H46N6O8S. The predicted molar refractivity (Wildman–Crippen MR) is 167 cm³/mol. The second-order valence-corrected chi connectivity index (χ2v) is 13.5. The Balaban J connectivity index is 1.41. The molecule has 2 aliphatic heterocycles. The average molecular weight is 651 g/mol. The molecule has 0 spiro atoms. The van der Waals surface area contributed by atoms with Gasteiger partial charge in [-0.25, -0.2) is 17.9 Å². The second kappa shape index (κ2) is 17.1. The zero-order valence-electron chi connectivity index (χ0n) is 26.3. The second-order valence-electron chi connectivity index (χ2n) is 11.8. The molecule has 2 heterocycles. The highest BCUT2D eigenvalue weighted by atomic mass is 32.2. The lowest BCUT2D eigenvalue weighted by Gasteiger charge is -2.34. The van der Waals surface area contributed by atoms with Gasteiger partial charge in [-0.2, -0.15) is 0 Å². The van der Waals surface area contributed by atoms with Crippen LogP contribution in [-0.2, 0) is 40.3 Å². The maximum Gasteiger partial charge on any atom is 0.508 e. The van der Waals surface area contributed by atoms with Gasteiger partial charge in [-0.3, -0.25) is 25.1 Å². The van der Waals surface area contributed by atoms with E-state index < -0.39 is 34.2 Å². The van der Waals surface area contributed by atoms with Crippen LogP contribution in [-0.4, -0.2) is 105 Å². The Labute approximate surface area is 265 Å². The molecule has 2 atom stereocenters. The molecule has 0 aliphatic carbocycles. The number of sulfonamides is 1. The van der Waals surface area contributed by atoms with Gasteiger partial charge in [0.05, 0.1) is 19.0 Å². The molecule has 45 heavy (non-hydrogen) atoms. The van der Waals surface area contributed by atoms with Crippen molar-refractivity contribution in [2.45, 2.75) is 77.0 Å². The summed E-state index contributed by atoms with van der Waals surface area (Å²) >= 11 is 0. The van der Waals surface area contributed by atoms with Gasteiger partial charge in [-0.1, -0.05) is 30.3 Å². The van der Waals surface area contributed by atoms with E-state index in [2.05, 4.69) is 15.4 Å². The first-order chi connectivity index (χ1) is 21.3. The molecular weight excluding hydrogens is 604 g/mol. The summed E-state index contributed by atoms with van der Waals surface area (Å²) in [6.45, 7) is 5.33. The fourth-order valence-corrected chi connectivity index (χ4v) is 6.10. The molecule has 4 N–H and O–H groups in total. The zero-order chi connectivity index (χ0) is 33.0. The van der Waals surface area contributed by atoms with Crippen LogP contribution in [0.1, 0.15) is 57.9 Å². The number of nitrogens with zero attached hydrogens (tertiary/aromatic N) is 2.